The van der Waals surface area contributed by atoms with E-state index in [2.05, 4.69) is 4.74 Å². The lowest BCUT2D eigenvalue weighted by Crippen LogP contribution is -2.40. The van der Waals surface area contributed by atoms with Gasteiger partial charge in [-0.2, -0.15) is 0 Å². The fraction of sp³-hybridized carbons (Fsp3) is 0.417. The van der Waals surface area contributed by atoms with Gasteiger partial charge in [0.1, 0.15) is 5.60 Å². The van der Waals surface area contributed by atoms with E-state index in [-0.39, 0.29) is 22.2 Å². The minimum absolute atomic E-state index is 0.0103. The summed E-state index contributed by atoms with van der Waals surface area (Å²) >= 11 is 11.7. The van der Waals surface area contributed by atoms with Crippen LogP contribution in [0.1, 0.15) is 19.4 Å². The van der Waals surface area contributed by atoms with E-state index in [1.807, 2.05) is 0 Å². The normalized spacial score (nSPS) is 15.9. The second-order valence-corrected chi connectivity index (χ2v) is 4.65. The van der Waals surface area contributed by atoms with E-state index < -0.39 is 17.7 Å². The highest BCUT2D eigenvalue weighted by Gasteiger charge is 2.42. The summed E-state index contributed by atoms with van der Waals surface area (Å²) in [7, 11) is 0. The van der Waals surface area contributed by atoms with Crippen LogP contribution in [-0.2, 0) is 15.1 Å². The third-order valence-corrected chi connectivity index (χ3v) is 3.30. The van der Waals surface area contributed by atoms with Gasteiger partial charge in [-0.15, -0.1) is 0 Å². The number of carbonyl (C=O) groups excluding carboxylic acids is 1. The quantitative estimate of drug-likeness (QED) is 0.868. The molecule has 0 spiro atoms. The third kappa shape index (κ3) is 2.94. The van der Waals surface area contributed by atoms with Gasteiger partial charge >= 0.3 is 5.97 Å². The number of hydrogen-bond donors (Lipinski definition) is 1. The molecule has 18 heavy (non-hydrogen) atoms. The smallest absolute Gasteiger partial charge is 0.344 e. The number of esters is 1. The molecule has 1 N–H and O–H groups in total. The van der Waals surface area contributed by atoms with Crippen LogP contribution in [0.25, 0.3) is 0 Å². The van der Waals surface area contributed by atoms with Crippen molar-refractivity contribution in [2.45, 2.75) is 25.6 Å². The fourth-order valence-corrected chi connectivity index (χ4v) is 1.97. The van der Waals surface area contributed by atoms with Crippen molar-refractivity contribution >= 4 is 29.2 Å². The molecule has 2 unspecified atom stereocenters. The first-order chi connectivity index (χ1) is 8.32. The summed E-state index contributed by atoms with van der Waals surface area (Å²) in [6.07, 6.45) is -2.24. The first kappa shape index (κ1) is 15.2. The van der Waals surface area contributed by atoms with Gasteiger partial charge in [-0.05, 0) is 19.9 Å². The minimum Gasteiger partial charge on any atom is -0.464 e. The lowest BCUT2D eigenvalue weighted by molar-refractivity contribution is -0.160. The van der Waals surface area contributed by atoms with Crippen molar-refractivity contribution in [2.24, 2.45) is 0 Å². The molecule has 3 nitrogen and oxygen atoms in total. The summed E-state index contributed by atoms with van der Waals surface area (Å²) < 4.78 is 18.5. The molecule has 1 aromatic rings. The summed E-state index contributed by atoms with van der Waals surface area (Å²) in [5.41, 5.74) is -2.06. The van der Waals surface area contributed by atoms with Crippen molar-refractivity contribution in [1.29, 1.82) is 0 Å². The zero-order valence-electron chi connectivity index (χ0n) is 9.91. The molecular formula is C12H13Cl2FO3. The summed E-state index contributed by atoms with van der Waals surface area (Å²) in [6, 6.07) is 4.41. The highest BCUT2D eigenvalue weighted by Crippen LogP contribution is 2.36. The Labute approximate surface area is 114 Å². The zero-order valence-corrected chi connectivity index (χ0v) is 11.4. The summed E-state index contributed by atoms with van der Waals surface area (Å²) in [5, 5.41) is 10.3. The van der Waals surface area contributed by atoms with Gasteiger partial charge in [-0.25, -0.2) is 9.18 Å². The van der Waals surface area contributed by atoms with Crippen molar-refractivity contribution in [2.75, 3.05) is 6.61 Å². The van der Waals surface area contributed by atoms with E-state index in [0.717, 1.165) is 6.92 Å². The van der Waals surface area contributed by atoms with Crippen LogP contribution in [0.3, 0.4) is 0 Å². The Hall–Kier alpha value is -0.840. The summed E-state index contributed by atoms with van der Waals surface area (Å²) in [6.45, 7) is 2.72. The largest absolute Gasteiger partial charge is 0.464 e. The molecule has 1 aromatic carbocycles. The molecule has 6 heteroatoms. The van der Waals surface area contributed by atoms with Gasteiger partial charge in [0, 0.05) is 5.56 Å². The van der Waals surface area contributed by atoms with Gasteiger partial charge in [-0.1, -0.05) is 35.3 Å². The lowest BCUT2D eigenvalue weighted by Gasteiger charge is -2.27. The Morgan fingerprint density at radius 3 is 2.72 bits per heavy atom. The number of benzene rings is 1. The fourth-order valence-electron chi connectivity index (χ4n) is 1.48. The van der Waals surface area contributed by atoms with Crippen LogP contribution in [-0.4, -0.2) is 23.9 Å². The first-order valence-electron chi connectivity index (χ1n) is 5.30. The third-order valence-electron chi connectivity index (χ3n) is 2.48. The Bertz CT molecular complexity index is 449. The van der Waals surface area contributed by atoms with E-state index in [4.69, 9.17) is 23.2 Å². The van der Waals surface area contributed by atoms with Gasteiger partial charge in [0.15, 0.2) is 0 Å². The van der Waals surface area contributed by atoms with Crippen LogP contribution in [0.15, 0.2) is 18.2 Å². The van der Waals surface area contributed by atoms with Gasteiger partial charge in [0.05, 0.1) is 16.7 Å². The maximum Gasteiger partial charge on any atom is 0.344 e. The molecule has 0 radical (unpaired) electrons. The predicted octanol–water partition coefficient (Wildman–Crippen LogP) is 3.10. The van der Waals surface area contributed by atoms with Crippen LogP contribution < -0.4 is 0 Å². The predicted molar refractivity (Wildman–Crippen MR) is 67.6 cm³/mol. The van der Waals surface area contributed by atoms with Crippen molar-refractivity contribution in [3.8, 4) is 0 Å². The second kappa shape index (κ2) is 5.87. The zero-order chi connectivity index (χ0) is 13.9. The Balaban J connectivity index is 3.12. The van der Waals surface area contributed by atoms with E-state index in [1.165, 1.54) is 18.2 Å². The van der Waals surface area contributed by atoms with Gasteiger partial charge < -0.3 is 9.84 Å². The van der Waals surface area contributed by atoms with Crippen LogP contribution in [0, 0.1) is 0 Å². The van der Waals surface area contributed by atoms with Gasteiger partial charge in [0.2, 0.25) is 6.17 Å². The van der Waals surface area contributed by atoms with E-state index in [0.29, 0.717) is 0 Å². The van der Waals surface area contributed by atoms with Crippen molar-refractivity contribution < 1.29 is 19.0 Å². The van der Waals surface area contributed by atoms with Gasteiger partial charge in [-0.3, -0.25) is 0 Å². The topological polar surface area (TPSA) is 46.5 Å². The molecule has 0 fully saturated rings. The van der Waals surface area contributed by atoms with Crippen LogP contribution in [0.2, 0.25) is 10.0 Å². The maximum atomic E-state index is 13.9. The van der Waals surface area contributed by atoms with Crippen molar-refractivity contribution in [3.63, 3.8) is 0 Å². The number of alkyl halides is 1. The Morgan fingerprint density at radius 1 is 1.56 bits per heavy atom. The number of carbonyl (C=O) groups is 1. The molecule has 1 rings (SSSR count). The van der Waals surface area contributed by atoms with Crippen LogP contribution in [0.4, 0.5) is 4.39 Å². The van der Waals surface area contributed by atoms with E-state index >= 15 is 0 Å². The summed E-state index contributed by atoms with van der Waals surface area (Å²) in [5.74, 6) is -1.14. The Kier molecular flexibility index (Phi) is 4.96. The lowest BCUT2D eigenvalue weighted by atomic mass is 9.91. The summed E-state index contributed by atoms with van der Waals surface area (Å²) in [4.78, 5) is 11.3. The average molecular weight is 295 g/mol. The highest BCUT2D eigenvalue weighted by molar-refractivity contribution is 6.42. The molecule has 100 valence electrons. The molecule has 0 amide bonds. The molecule has 0 aliphatic carbocycles. The minimum atomic E-state index is -2.24. The first-order valence-corrected chi connectivity index (χ1v) is 6.05. The van der Waals surface area contributed by atoms with Crippen molar-refractivity contribution in [1.82, 2.24) is 0 Å². The SMILES string of the molecule is CCOC(=O)C(F)C(C)(O)c1cccc(Cl)c1Cl. The molecule has 0 bridgehead atoms. The molecule has 0 aliphatic heterocycles. The molecule has 0 aliphatic rings. The van der Waals surface area contributed by atoms with Crippen LogP contribution in [0.5, 0.6) is 0 Å². The average Bonchev–Trinajstić information content (AvgIpc) is 2.31. The molecular weight excluding hydrogens is 282 g/mol. The molecule has 0 saturated heterocycles. The number of halogens is 3. The molecule has 0 saturated carbocycles. The molecule has 0 aromatic heterocycles. The number of aliphatic hydroxyl groups is 1. The van der Waals surface area contributed by atoms with E-state index in [1.54, 1.807) is 6.92 Å². The molecule has 0 heterocycles. The van der Waals surface area contributed by atoms with E-state index in [9.17, 15) is 14.3 Å². The monoisotopic (exact) mass is 294 g/mol. The standard InChI is InChI=1S/C12H13Cl2FO3/c1-3-18-11(16)10(15)12(2,17)7-5-4-6-8(13)9(7)14/h4-6,10,17H,3H2,1-2H3. The van der Waals surface area contributed by atoms with Crippen molar-refractivity contribution in [3.05, 3.63) is 33.8 Å². The van der Waals surface area contributed by atoms with Gasteiger partial charge in [0.25, 0.3) is 0 Å². The Morgan fingerprint density at radius 2 is 2.17 bits per heavy atom. The molecule has 2 atom stereocenters. The van der Waals surface area contributed by atoms with Crippen LogP contribution >= 0.6 is 23.2 Å². The second-order valence-electron chi connectivity index (χ2n) is 3.86. The maximum absolute atomic E-state index is 13.9. The number of rotatable bonds is 4. The highest BCUT2D eigenvalue weighted by atomic mass is 35.5. The number of hydrogen-bond acceptors (Lipinski definition) is 3. The number of ether oxygens (including phenoxy) is 1.